The molecule has 2 aromatic rings. The molecular formula is C20H27N5O3S. The maximum atomic E-state index is 12.1. The van der Waals surface area contributed by atoms with Crippen molar-refractivity contribution >= 4 is 23.6 Å². The Morgan fingerprint density at radius 1 is 1.28 bits per heavy atom. The molecule has 0 bridgehead atoms. The lowest BCUT2D eigenvalue weighted by atomic mass is 9.86. The molecule has 8 nitrogen and oxygen atoms in total. The fraction of sp³-hybridized carbons (Fsp3) is 0.550. The van der Waals surface area contributed by atoms with E-state index in [0.29, 0.717) is 11.1 Å². The molecule has 1 heterocycles. The van der Waals surface area contributed by atoms with E-state index in [-0.39, 0.29) is 24.3 Å². The van der Waals surface area contributed by atoms with Gasteiger partial charge in [0.05, 0.1) is 11.4 Å². The Hall–Kier alpha value is -2.42. The van der Waals surface area contributed by atoms with Gasteiger partial charge in [-0.1, -0.05) is 43.7 Å². The first-order valence-corrected chi connectivity index (χ1v) is 10.9. The molecule has 1 aliphatic rings. The predicted octanol–water partition coefficient (Wildman–Crippen LogP) is 2.61. The zero-order valence-corrected chi connectivity index (χ0v) is 17.9. The molecule has 1 N–H and O–H groups in total. The Kier molecular flexibility index (Phi) is 7.24. The average Bonchev–Trinajstić information content (AvgIpc) is 3.17. The first-order chi connectivity index (χ1) is 13.9. The molecule has 0 spiro atoms. The van der Waals surface area contributed by atoms with Crippen LogP contribution in [-0.2, 0) is 14.3 Å². The summed E-state index contributed by atoms with van der Waals surface area (Å²) in [5, 5.41) is 15.2. The maximum Gasteiger partial charge on any atom is 0.316 e. The third-order valence-corrected chi connectivity index (χ3v) is 6.07. The molecule has 1 saturated carbocycles. The molecule has 1 fully saturated rings. The standard InChI is InChI=1S/C20H27N5O3S/c1-13-8-9-15(3)17(10-13)25-20(22-23-24-25)29-12-19(27)28-11-18(26)21-16-7-5-4-6-14(16)2/h8-10,14,16H,4-7,11-12H2,1-3H3,(H,21,26)/t14-,16+/m1/s1. The number of hydrogen-bond acceptors (Lipinski definition) is 7. The lowest BCUT2D eigenvalue weighted by Gasteiger charge is -2.29. The number of amides is 1. The fourth-order valence-electron chi connectivity index (χ4n) is 3.46. The largest absolute Gasteiger partial charge is 0.455 e. The van der Waals surface area contributed by atoms with Gasteiger partial charge in [-0.15, -0.1) is 5.10 Å². The first-order valence-electron chi connectivity index (χ1n) is 9.88. The van der Waals surface area contributed by atoms with E-state index in [9.17, 15) is 9.59 Å². The Bertz CT molecular complexity index is 870. The molecular weight excluding hydrogens is 390 g/mol. The fourth-order valence-corrected chi connectivity index (χ4v) is 4.14. The number of hydrogen-bond donors (Lipinski definition) is 1. The van der Waals surface area contributed by atoms with Gasteiger partial charge in [-0.3, -0.25) is 9.59 Å². The number of thioether (sulfide) groups is 1. The number of carbonyl (C=O) groups is 2. The van der Waals surface area contributed by atoms with Crippen molar-refractivity contribution in [2.24, 2.45) is 5.92 Å². The van der Waals surface area contributed by atoms with Crippen LogP contribution in [0.4, 0.5) is 0 Å². The molecule has 0 aliphatic heterocycles. The van der Waals surface area contributed by atoms with Crippen LogP contribution in [0.3, 0.4) is 0 Å². The molecule has 1 aliphatic carbocycles. The van der Waals surface area contributed by atoms with Crippen LogP contribution in [0.25, 0.3) is 5.69 Å². The van der Waals surface area contributed by atoms with E-state index in [4.69, 9.17) is 4.74 Å². The zero-order chi connectivity index (χ0) is 20.8. The smallest absolute Gasteiger partial charge is 0.316 e. The van der Waals surface area contributed by atoms with Gasteiger partial charge in [0.1, 0.15) is 0 Å². The summed E-state index contributed by atoms with van der Waals surface area (Å²) in [4.78, 5) is 24.1. The van der Waals surface area contributed by atoms with Gasteiger partial charge in [-0.25, -0.2) is 0 Å². The van der Waals surface area contributed by atoms with Gasteiger partial charge in [0, 0.05) is 6.04 Å². The van der Waals surface area contributed by atoms with Crippen molar-refractivity contribution in [1.29, 1.82) is 0 Å². The minimum Gasteiger partial charge on any atom is -0.455 e. The minimum atomic E-state index is -0.475. The van der Waals surface area contributed by atoms with Crippen molar-refractivity contribution in [2.75, 3.05) is 12.4 Å². The molecule has 0 radical (unpaired) electrons. The van der Waals surface area contributed by atoms with E-state index in [0.717, 1.165) is 36.1 Å². The van der Waals surface area contributed by atoms with Crippen LogP contribution in [0.2, 0.25) is 0 Å². The molecule has 3 rings (SSSR count). The van der Waals surface area contributed by atoms with Gasteiger partial charge in [-0.05, 0) is 60.2 Å². The van der Waals surface area contributed by atoms with Crippen molar-refractivity contribution in [3.05, 3.63) is 29.3 Å². The van der Waals surface area contributed by atoms with Crippen molar-refractivity contribution in [1.82, 2.24) is 25.5 Å². The Balaban J connectivity index is 1.48. The number of rotatable bonds is 7. The third-order valence-electron chi connectivity index (χ3n) is 5.17. The second-order valence-electron chi connectivity index (χ2n) is 7.55. The van der Waals surface area contributed by atoms with E-state index in [2.05, 4.69) is 27.8 Å². The highest BCUT2D eigenvalue weighted by molar-refractivity contribution is 7.99. The van der Waals surface area contributed by atoms with Crippen molar-refractivity contribution in [3.8, 4) is 5.69 Å². The summed E-state index contributed by atoms with van der Waals surface area (Å²) in [6, 6.07) is 6.18. The molecule has 2 atom stereocenters. The normalized spacial score (nSPS) is 19.0. The summed E-state index contributed by atoms with van der Waals surface area (Å²) in [5.41, 5.74) is 2.99. The predicted molar refractivity (Wildman–Crippen MR) is 110 cm³/mol. The molecule has 0 saturated heterocycles. The van der Waals surface area contributed by atoms with Gasteiger partial charge < -0.3 is 10.1 Å². The van der Waals surface area contributed by atoms with Gasteiger partial charge in [0.25, 0.3) is 5.91 Å². The van der Waals surface area contributed by atoms with Crippen LogP contribution in [-0.4, -0.2) is 50.5 Å². The molecule has 156 valence electrons. The highest BCUT2D eigenvalue weighted by Crippen LogP contribution is 2.24. The Morgan fingerprint density at radius 2 is 2.07 bits per heavy atom. The van der Waals surface area contributed by atoms with Gasteiger partial charge in [0.2, 0.25) is 5.16 Å². The molecule has 0 unspecified atom stereocenters. The van der Waals surface area contributed by atoms with E-state index >= 15 is 0 Å². The Labute approximate surface area is 174 Å². The number of carbonyl (C=O) groups excluding carboxylic acids is 2. The summed E-state index contributed by atoms with van der Waals surface area (Å²) in [6.07, 6.45) is 4.44. The monoisotopic (exact) mass is 417 g/mol. The average molecular weight is 418 g/mol. The van der Waals surface area contributed by atoms with Crippen LogP contribution < -0.4 is 5.32 Å². The summed E-state index contributed by atoms with van der Waals surface area (Å²) in [5.74, 6) is -0.235. The summed E-state index contributed by atoms with van der Waals surface area (Å²) >= 11 is 1.18. The van der Waals surface area contributed by atoms with E-state index in [1.54, 1.807) is 4.68 Å². The number of benzene rings is 1. The second-order valence-corrected chi connectivity index (χ2v) is 8.49. The third kappa shape index (κ3) is 5.79. The molecule has 1 aromatic carbocycles. The number of aromatic nitrogens is 4. The van der Waals surface area contributed by atoms with Crippen molar-refractivity contribution < 1.29 is 14.3 Å². The van der Waals surface area contributed by atoms with Crippen molar-refractivity contribution in [2.45, 2.75) is 57.7 Å². The Morgan fingerprint density at radius 3 is 2.86 bits per heavy atom. The van der Waals surface area contributed by atoms with Gasteiger partial charge in [-0.2, -0.15) is 4.68 Å². The number of aryl methyl sites for hydroxylation is 2. The van der Waals surface area contributed by atoms with E-state index in [1.165, 1.54) is 18.2 Å². The highest BCUT2D eigenvalue weighted by atomic mass is 32.2. The molecule has 1 amide bonds. The van der Waals surface area contributed by atoms with Crippen LogP contribution in [0.5, 0.6) is 0 Å². The minimum absolute atomic E-state index is 0.0261. The highest BCUT2D eigenvalue weighted by Gasteiger charge is 2.23. The maximum absolute atomic E-state index is 12.1. The number of ether oxygens (including phenoxy) is 1. The molecule has 9 heteroatoms. The number of esters is 1. The SMILES string of the molecule is Cc1ccc(C)c(-n2nnnc2SCC(=O)OCC(=O)N[C@H]2CCCC[C@H]2C)c1. The van der Waals surface area contributed by atoms with Crippen LogP contribution >= 0.6 is 11.8 Å². The van der Waals surface area contributed by atoms with Crippen LogP contribution in [0.1, 0.15) is 43.7 Å². The first kappa shape index (κ1) is 21.3. The lowest BCUT2D eigenvalue weighted by molar-refractivity contribution is -0.146. The second kappa shape index (κ2) is 9.87. The zero-order valence-electron chi connectivity index (χ0n) is 17.1. The van der Waals surface area contributed by atoms with Gasteiger partial charge >= 0.3 is 5.97 Å². The lowest BCUT2D eigenvalue weighted by Crippen LogP contribution is -2.43. The summed E-state index contributed by atoms with van der Waals surface area (Å²) < 4.78 is 6.73. The quantitative estimate of drug-likeness (QED) is 0.546. The van der Waals surface area contributed by atoms with Crippen molar-refractivity contribution in [3.63, 3.8) is 0 Å². The topological polar surface area (TPSA) is 99.0 Å². The summed E-state index contributed by atoms with van der Waals surface area (Å²) in [7, 11) is 0. The summed E-state index contributed by atoms with van der Waals surface area (Å²) in [6.45, 7) is 5.86. The van der Waals surface area contributed by atoms with E-state index < -0.39 is 5.97 Å². The van der Waals surface area contributed by atoms with Crippen LogP contribution in [0.15, 0.2) is 23.4 Å². The number of nitrogens with zero attached hydrogens (tertiary/aromatic N) is 4. The number of tetrazole rings is 1. The van der Waals surface area contributed by atoms with E-state index in [1.807, 2.05) is 32.0 Å². The van der Waals surface area contributed by atoms with Gasteiger partial charge in [0.15, 0.2) is 6.61 Å². The van der Waals surface area contributed by atoms with Crippen LogP contribution in [0, 0.1) is 19.8 Å². The molecule has 29 heavy (non-hydrogen) atoms. The number of nitrogens with one attached hydrogen (secondary N) is 1. The molecule has 1 aromatic heterocycles.